The minimum Gasteiger partial charge on any atom is -0.460 e. The highest BCUT2D eigenvalue weighted by molar-refractivity contribution is 7.99. The second-order valence-electron chi connectivity index (χ2n) is 4.93. The number of esters is 1. The number of halogens is 4. The van der Waals surface area contributed by atoms with Crippen molar-refractivity contribution < 1.29 is 18.3 Å². The largest absolute Gasteiger partial charge is 0.460 e. The highest BCUT2D eigenvalue weighted by atomic mass is 35.5. The van der Waals surface area contributed by atoms with E-state index < -0.39 is 11.7 Å². The maximum absolute atomic E-state index is 12.4. The summed E-state index contributed by atoms with van der Waals surface area (Å²) < 4.78 is 29.7. The van der Waals surface area contributed by atoms with Gasteiger partial charge in [0.05, 0.1) is 23.0 Å². The van der Waals surface area contributed by atoms with Crippen molar-refractivity contribution in [1.29, 1.82) is 0 Å². The molecule has 144 valence electrons. The lowest BCUT2D eigenvalue weighted by Gasteiger charge is -2.13. The Hall–Kier alpha value is -2.03. The Morgan fingerprint density at radius 1 is 1.22 bits per heavy atom. The van der Waals surface area contributed by atoms with Crippen molar-refractivity contribution in [3.8, 4) is 0 Å². The molecule has 27 heavy (non-hydrogen) atoms. The van der Waals surface area contributed by atoms with Gasteiger partial charge in [-0.2, -0.15) is 8.78 Å². The van der Waals surface area contributed by atoms with Gasteiger partial charge in [0, 0.05) is 9.92 Å². The van der Waals surface area contributed by atoms with Crippen LogP contribution in [0.1, 0.15) is 6.92 Å². The Morgan fingerprint density at radius 2 is 1.93 bits per heavy atom. The van der Waals surface area contributed by atoms with Gasteiger partial charge in [-0.1, -0.05) is 35.0 Å². The van der Waals surface area contributed by atoms with Crippen LogP contribution in [0.3, 0.4) is 0 Å². The first-order valence-corrected chi connectivity index (χ1v) is 9.30. The van der Waals surface area contributed by atoms with Crippen LogP contribution in [0.15, 0.2) is 52.4 Å². The lowest BCUT2D eigenvalue weighted by atomic mass is 10.3. The molecule has 0 aliphatic rings. The average molecular weight is 434 g/mol. The topological polar surface area (TPSA) is 62.7 Å². The number of amidine groups is 1. The van der Waals surface area contributed by atoms with Crippen LogP contribution in [0.2, 0.25) is 10.0 Å². The maximum atomic E-state index is 12.4. The molecular weight excluding hydrogens is 419 g/mol. The summed E-state index contributed by atoms with van der Waals surface area (Å²) in [4.78, 5) is 16.7. The Labute approximate surface area is 169 Å². The molecule has 0 atom stereocenters. The summed E-state index contributed by atoms with van der Waals surface area (Å²) in [7, 11) is 0. The van der Waals surface area contributed by atoms with E-state index in [1.54, 1.807) is 25.1 Å². The van der Waals surface area contributed by atoms with E-state index in [4.69, 9.17) is 27.9 Å². The summed E-state index contributed by atoms with van der Waals surface area (Å²) in [6, 6.07) is 10.8. The smallest absolute Gasteiger partial charge is 0.375 e. The van der Waals surface area contributed by atoms with Crippen LogP contribution >= 0.6 is 35.0 Å². The summed E-state index contributed by atoms with van der Waals surface area (Å²) in [5.41, 5.74) is 6.20. The molecule has 0 fully saturated rings. The van der Waals surface area contributed by atoms with E-state index in [2.05, 4.69) is 15.8 Å². The molecule has 0 saturated heterocycles. The average Bonchev–Trinajstić information content (AvgIpc) is 2.62. The Morgan fingerprint density at radius 3 is 2.56 bits per heavy atom. The molecule has 2 aromatic carbocycles. The normalized spacial score (nSPS) is 11.4. The molecule has 2 N–H and O–H groups in total. The third-order valence-electron chi connectivity index (χ3n) is 3.02. The molecule has 0 heterocycles. The quantitative estimate of drug-likeness (QED) is 0.206. The fraction of sp³-hybridized carbons (Fsp3) is 0.176. The van der Waals surface area contributed by atoms with E-state index in [-0.39, 0.29) is 12.4 Å². The third kappa shape index (κ3) is 6.89. The number of carbonyl (C=O) groups excluding carboxylic acids is 1. The van der Waals surface area contributed by atoms with E-state index in [1.165, 1.54) is 24.3 Å². The van der Waals surface area contributed by atoms with Gasteiger partial charge in [0.25, 0.3) is 5.76 Å². The lowest BCUT2D eigenvalue weighted by molar-refractivity contribution is -0.135. The van der Waals surface area contributed by atoms with E-state index >= 15 is 0 Å². The number of ether oxygens (including phenoxy) is 1. The number of alkyl halides is 2. The number of nitrogens with zero attached hydrogens (tertiary/aromatic N) is 1. The zero-order chi connectivity index (χ0) is 19.8. The summed E-state index contributed by atoms with van der Waals surface area (Å²) in [6.45, 7) is 1.81. The molecule has 0 amide bonds. The zero-order valence-electron chi connectivity index (χ0n) is 14.0. The molecule has 5 nitrogen and oxygen atoms in total. The fourth-order valence-electron chi connectivity index (χ4n) is 1.88. The number of anilines is 1. The van der Waals surface area contributed by atoms with Crippen molar-refractivity contribution >= 4 is 58.1 Å². The van der Waals surface area contributed by atoms with Crippen molar-refractivity contribution in [3.63, 3.8) is 0 Å². The summed E-state index contributed by atoms with van der Waals surface area (Å²) in [6.07, 6.45) is 0. The Bertz CT molecular complexity index is 820. The number of hydrazine groups is 1. The first-order valence-electron chi connectivity index (χ1n) is 7.66. The van der Waals surface area contributed by atoms with E-state index in [0.717, 1.165) is 0 Å². The van der Waals surface area contributed by atoms with Crippen molar-refractivity contribution in [2.45, 2.75) is 17.6 Å². The number of carbonyl (C=O) groups is 1. The predicted molar refractivity (Wildman–Crippen MR) is 105 cm³/mol. The number of rotatable bonds is 6. The van der Waals surface area contributed by atoms with Gasteiger partial charge in [0.2, 0.25) is 5.84 Å². The molecule has 10 heteroatoms. The highest BCUT2D eigenvalue weighted by Gasteiger charge is 2.14. The number of nitrogens with one attached hydrogen (secondary N) is 2. The monoisotopic (exact) mass is 433 g/mol. The highest BCUT2D eigenvalue weighted by Crippen LogP contribution is 2.27. The van der Waals surface area contributed by atoms with Gasteiger partial charge in [0.1, 0.15) is 0 Å². The van der Waals surface area contributed by atoms with Gasteiger partial charge < -0.3 is 4.74 Å². The molecule has 0 unspecified atom stereocenters. The Kier molecular flexibility index (Phi) is 8.15. The minimum atomic E-state index is -2.51. The van der Waals surface area contributed by atoms with E-state index in [0.29, 0.717) is 38.1 Å². The molecule has 0 aliphatic heterocycles. The van der Waals surface area contributed by atoms with Gasteiger partial charge in [-0.05, 0) is 49.4 Å². The lowest BCUT2D eigenvalue weighted by Crippen LogP contribution is -2.36. The van der Waals surface area contributed by atoms with Crippen LogP contribution in [0.25, 0.3) is 0 Å². The first-order chi connectivity index (χ1) is 12.9. The summed E-state index contributed by atoms with van der Waals surface area (Å²) in [5.74, 6) is -3.35. The molecule has 0 radical (unpaired) electrons. The van der Waals surface area contributed by atoms with Crippen LogP contribution in [0, 0.1) is 0 Å². The van der Waals surface area contributed by atoms with Crippen LogP contribution in [0.5, 0.6) is 0 Å². The molecule has 0 aromatic heterocycles. The molecule has 0 spiro atoms. The number of benzene rings is 2. The van der Waals surface area contributed by atoms with Crippen LogP contribution < -0.4 is 10.9 Å². The number of thioether (sulfide) groups is 1. The standard InChI is InChI=1S/C17H15Cl2F2N3O2S/c1-2-26-16(25)15(24-23-14-9-10(18)3-8-13(14)19)22-11-4-6-12(7-5-11)27-17(20)21/h3-9,17,23H,2H2,1H3,(H,22,24). The Balaban J connectivity index is 2.19. The predicted octanol–water partition coefficient (Wildman–Crippen LogP) is 5.52. The van der Waals surface area contributed by atoms with Gasteiger partial charge in [-0.3, -0.25) is 10.9 Å². The van der Waals surface area contributed by atoms with Gasteiger partial charge >= 0.3 is 5.97 Å². The second kappa shape index (κ2) is 10.3. The summed E-state index contributed by atoms with van der Waals surface area (Å²) in [5, 5.41) is 0.828. The van der Waals surface area contributed by atoms with Crippen molar-refractivity contribution in [3.05, 3.63) is 52.5 Å². The maximum Gasteiger partial charge on any atom is 0.375 e. The zero-order valence-corrected chi connectivity index (χ0v) is 16.3. The molecular formula is C17H15Cl2F2N3O2S. The van der Waals surface area contributed by atoms with Gasteiger partial charge in [-0.15, -0.1) is 0 Å². The van der Waals surface area contributed by atoms with Crippen LogP contribution in [-0.4, -0.2) is 24.2 Å². The van der Waals surface area contributed by atoms with Gasteiger partial charge in [-0.25, -0.2) is 9.79 Å². The number of hydrogen-bond donors (Lipinski definition) is 2. The summed E-state index contributed by atoms with van der Waals surface area (Å²) >= 11 is 12.4. The first kappa shape index (κ1) is 21.3. The minimum absolute atomic E-state index is 0.137. The SMILES string of the molecule is CCOC(=O)C(=Nc1ccc(SC(F)F)cc1)NNc1cc(Cl)ccc1Cl. The van der Waals surface area contributed by atoms with Crippen LogP contribution in [0.4, 0.5) is 20.2 Å². The van der Waals surface area contributed by atoms with E-state index in [1.807, 2.05) is 0 Å². The van der Waals surface area contributed by atoms with Crippen molar-refractivity contribution in [1.82, 2.24) is 5.43 Å². The molecule has 0 saturated carbocycles. The molecule has 0 bridgehead atoms. The van der Waals surface area contributed by atoms with Crippen molar-refractivity contribution in [2.75, 3.05) is 12.0 Å². The van der Waals surface area contributed by atoms with E-state index in [9.17, 15) is 13.6 Å². The molecule has 2 rings (SSSR count). The van der Waals surface area contributed by atoms with Crippen molar-refractivity contribution in [2.24, 2.45) is 4.99 Å². The van der Waals surface area contributed by atoms with Gasteiger partial charge in [0.15, 0.2) is 0 Å². The number of hydrogen-bond acceptors (Lipinski definition) is 5. The second-order valence-corrected chi connectivity index (χ2v) is 6.83. The number of aliphatic imine (C=N–C) groups is 1. The third-order valence-corrected chi connectivity index (χ3v) is 4.30. The fourth-order valence-corrected chi connectivity index (χ4v) is 2.71. The molecule has 0 aliphatic carbocycles. The van der Waals surface area contributed by atoms with Crippen LogP contribution in [-0.2, 0) is 9.53 Å². The molecule has 2 aromatic rings.